The average Bonchev–Trinajstić information content (AvgIpc) is 2.95. The Morgan fingerprint density at radius 3 is 2.24 bits per heavy atom. The quantitative estimate of drug-likeness (QED) is 0.197. The van der Waals surface area contributed by atoms with E-state index in [2.05, 4.69) is 5.32 Å². The van der Waals surface area contributed by atoms with Gasteiger partial charge in [-0.05, 0) is 54.8 Å². The number of hydrogen-bond acceptors (Lipinski definition) is 4. The summed E-state index contributed by atoms with van der Waals surface area (Å²) in [5.74, 6) is -0.985. The van der Waals surface area contributed by atoms with Gasteiger partial charge < -0.3 is 10.2 Å². The summed E-state index contributed by atoms with van der Waals surface area (Å²) in [5, 5.41) is 3.69. The number of carbonyl (C=O) groups excluding carboxylic acids is 2. The topological polar surface area (TPSA) is 86.8 Å². The summed E-state index contributed by atoms with van der Waals surface area (Å²) in [7, 11) is -4.28. The van der Waals surface area contributed by atoms with Gasteiger partial charge in [0.25, 0.3) is 10.0 Å². The number of sulfonamides is 1. The lowest BCUT2D eigenvalue weighted by molar-refractivity contribution is -0.140. The number of nitrogens with one attached hydrogen (secondary N) is 1. The molecule has 0 fully saturated rings. The Kier molecular flexibility index (Phi) is 12.2. The standard InChI is InChI=1S/C29H31Cl4N3O4S/c1-3-5-16-34-29(38)25(4-2)35(18-20-14-15-21(30)17-24(20)32)27(37)19-36(26-13-9-12-23(31)28(26)33)41(39,40)22-10-7-6-8-11-22/h6-15,17,25H,3-5,16,18-19H2,1-2H3,(H,34,38)/t25-/m0/s1. The predicted molar refractivity (Wildman–Crippen MR) is 166 cm³/mol. The van der Waals surface area contributed by atoms with Crippen LogP contribution >= 0.6 is 46.4 Å². The zero-order valence-electron chi connectivity index (χ0n) is 22.6. The van der Waals surface area contributed by atoms with Gasteiger partial charge in [-0.25, -0.2) is 8.42 Å². The minimum Gasteiger partial charge on any atom is -0.354 e. The molecule has 0 aliphatic rings. The first-order valence-electron chi connectivity index (χ1n) is 13.0. The van der Waals surface area contributed by atoms with Crippen LogP contribution < -0.4 is 9.62 Å². The van der Waals surface area contributed by atoms with Crippen molar-refractivity contribution in [3.05, 3.63) is 92.4 Å². The normalized spacial score (nSPS) is 12.0. The summed E-state index contributed by atoms with van der Waals surface area (Å²) in [6.07, 6.45) is 1.93. The number of nitrogens with zero attached hydrogens (tertiary/aromatic N) is 2. The van der Waals surface area contributed by atoms with Crippen LogP contribution in [0.2, 0.25) is 20.1 Å². The maximum absolute atomic E-state index is 14.1. The number of rotatable bonds is 13. The number of carbonyl (C=O) groups is 2. The Hall–Kier alpha value is -2.49. The van der Waals surface area contributed by atoms with Gasteiger partial charge in [0.2, 0.25) is 11.8 Å². The van der Waals surface area contributed by atoms with Crippen molar-refractivity contribution in [3.63, 3.8) is 0 Å². The van der Waals surface area contributed by atoms with E-state index in [1.54, 1.807) is 49.4 Å². The molecule has 0 radical (unpaired) electrons. The van der Waals surface area contributed by atoms with Crippen molar-refractivity contribution >= 4 is 73.9 Å². The van der Waals surface area contributed by atoms with Crippen LogP contribution in [-0.4, -0.2) is 44.3 Å². The van der Waals surface area contributed by atoms with Crippen LogP contribution in [0.5, 0.6) is 0 Å². The molecule has 0 unspecified atom stereocenters. The molecule has 3 rings (SSSR count). The van der Waals surface area contributed by atoms with Crippen molar-refractivity contribution < 1.29 is 18.0 Å². The Labute approximate surface area is 261 Å². The number of unbranched alkanes of at least 4 members (excludes halogenated alkanes) is 1. The number of amides is 2. The summed E-state index contributed by atoms with van der Waals surface area (Å²) in [4.78, 5) is 28.7. The minimum absolute atomic E-state index is 0.0290. The van der Waals surface area contributed by atoms with Crippen molar-refractivity contribution in [1.29, 1.82) is 0 Å². The van der Waals surface area contributed by atoms with Crippen LogP contribution in [0.4, 0.5) is 5.69 Å². The molecule has 0 aromatic heterocycles. The fourth-order valence-corrected chi connectivity index (χ4v) is 6.54. The first kappa shape index (κ1) is 33.0. The third-order valence-corrected chi connectivity index (χ3v) is 9.55. The molecule has 0 aliphatic heterocycles. The number of anilines is 1. The van der Waals surface area contributed by atoms with Crippen LogP contribution in [0.1, 0.15) is 38.7 Å². The highest BCUT2D eigenvalue weighted by atomic mass is 35.5. The van der Waals surface area contributed by atoms with Crippen LogP contribution in [0.3, 0.4) is 0 Å². The lowest BCUT2D eigenvalue weighted by Crippen LogP contribution is -2.52. The monoisotopic (exact) mass is 657 g/mol. The lowest BCUT2D eigenvalue weighted by atomic mass is 10.1. The highest BCUT2D eigenvalue weighted by Gasteiger charge is 2.34. The van der Waals surface area contributed by atoms with Crippen LogP contribution in [0.15, 0.2) is 71.6 Å². The van der Waals surface area contributed by atoms with E-state index in [4.69, 9.17) is 46.4 Å². The van der Waals surface area contributed by atoms with E-state index >= 15 is 0 Å². The van der Waals surface area contributed by atoms with E-state index in [1.807, 2.05) is 6.92 Å². The Balaban J connectivity index is 2.09. The molecule has 41 heavy (non-hydrogen) atoms. The molecule has 1 atom stereocenters. The zero-order chi connectivity index (χ0) is 30.2. The summed E-state index contributed by atoms with van der Waals surface area (Å²) >= 11 is 25.2. The van der Waals surface area contributed by atoms with Gasteiger partial charge in [0, 0.05) is 23.1 Å². The molecule has 0 heterocycles. The van der Waals surface area contributed by atoms with E-state index in [-0.39, 0.29) is 39.5 Å². The van der Waals surface area contributed by atoms with E-state index < -0.39 is 28.5 Å². The second-order valence-electron chi connectivity index (χ2n) is 9.22. The first-order valence-corrected chi connectivity index (χ1v) is 16.0. The molecule has 0 saturated carbocycles. The van der Waals surface area contributed by atoms with Crippen molar-refractivity contribution in [2.24, 2.45) is 0 Å². The van der Waals surface area contributed by atoms with E-state index in [0.29, 0.717) is 22.2 Å². The van der Waals surface area contributed by atoms with Crippen LogP contribution in [0, 0.1) is 0 Å². The summed E-state index contributed by atoms with van der Waals surface area (Å²) < 4.78 is 28.7. The smallest absolute Gasteiger partial charge is 0.264 e. The highest BCUT2D eigenvalue weighted by molar-refractivity contribution is 7.92. The predicted octanol–water partition coefficient (Wildman–Crippen LogP) is 7.22. The summed E-state index contributed by atoms with van der Waals surface area (Å²) in [6.45, 7) is 3.52. The first-order chi connectivity index (χ1) is 19.5. The molecule has 0 aliphatic carbocycles. The SMILES string of the molecule is CCCCNC(=O)[C@H](CC)N(Cc1ccc(Cl)cc1Cl)C(=O)CN(c1cccc(Cl)c1Cl)S(=O)(=O)c1ccccc1. The van der Waals surface area contributed by atoms with Gasteiger partial charge in [-0.3, -0.25) is 13.9 Å². The lowest BCUT2D eigenvalue weighted by Gasteiger charge is -2.33. The molecule has 0 spiro atoms. The zero-order valence-corrected chi connectivity index (χ0v) is 26.5. The van der Waals surface area contributed by atoms with Gasteiger partial charge >= 0.3 is 0 Å². The van der Waals surface area contributed by atoms with Crippen molar-refractivity contribution in [3.8, 4) is 0 Å². The van der Waals surface area contributed by atoms with Gasteiger partial charge in [0.05, 0.1) is 20.6 Å². The molecule has 220 valence electrons. The molecule has 0 saturated heterocycles. The molecule has 3 aromatic rings. The fraction of sp³-hybridized carbons (Fsp3) is 0.310. The van der Waals surface area contributed by atoms with Crippen molar-refractivity contribution in [1.82, 2.24) is 10.2 Å². The highest BCUT2D eigenvalue weighted by Crippen LogP contribution is 2.35. The third kappa shape index (κ3) is 8.30. The van der Waals surface area contributed by atoms with Gasteiger partial charge in [0.1, 0.15) is 12.6 Å². The second-order valence-corrected chi connectivity index (χ2v) is 12.7. The second kappa shape index (κ2) is 15.1. The van der Waals surface area contributed by atoms with Crippen LogP contribution in [0.25, 0.3) is 0 Å². The molecule has 7 nitrogen and oxygen atoms in total. The van der Waals surface area contributed by atoms with E-state index in [0.717, 1.165) is 17.1 Å². The van der Waals surface area contributed by atoms with Crippen molar-refractivity contribution in [2.45, 2.75) is 50.6 Å². The summed E-state index contributed by atoms with van der Waals surface area (Å²) in [6, 6.07) is 16.2. The molecular weight excluding hydrogens is 628 g/mol. The Morgan fingerprint density at radius 2 is 1.61 bits per heavy atom. The average molecular weight is 659 g/mol. The van der Waals surface area contributed by atoms with Gasteiger partial charge in [-0.1, -0.05) is 97.0 Å². The molecule has 1 N–H and O–H groups in total. The van der Waals surface area contributed by atoms with Gasteiger partial charge in [-0.2, -0.15) is 0 Å². The van der Waals surface area contributed by atoms with Crippen molar-refractivity contribution in [2.75, 3.05) is 17.4 Å². The number of halogens is 4. The van der Waals surface area contributed by atoms with Crippen LogP contribution in [-0.2, 0) is 26.2 Å². The molecule has 2 amide bonds. The maximum atomic E-state index is 14.1. The largest absolute Gasteiger partial charge is 0.354 e. The number of benzene rings is 3. The Bertz CT molecular complexity index is 1470. The summed E-state index contributed by atoms with van der Waals surface area (Å²) in [5.41, 5.74) is 0.573. The maximum Gasteiger partial charge on any atom is 0.264 e. The number of hydrogen-bond donors (Lipinski definition) is 1. The third-order valence-electron chi connectivity index (χ3n) is 6.38. The molecule has 0 bridgehead atoms. The Morgan fingerprint density at radius 1 is 0.902 bits per heavy atom. The fourth-order valence-electron chi connectivity index (χ4n) is 4.18. The molecule has 12 heteroatoms. The minimum atomic E-state index is -4.28. The van der Waals surface area contributed by atoms with Gasteiger partial charge in [-0.15, -0.1) is 0 Å². The van der Waals surface area contributed by atoms with Gasteiger partial charge in [0.15, 0.2) is 0 Å². The molecule has 3 aromatic carbocycles. The van der Waals surface area contributed by atoms with E-state index in [1.165, 1.54) is 29.2 Å². The van der Waals surface area contributed by atoms with E-state index in [9.17, 15) is 18.0 Å². The molecular formula is C29H31Cl4N3O4S.